The Balaban J connectivity index is 2.09. The summed E-state index contributed by atoms with van der Waals surface area (Å²) in [6.45, 7) is 1.19. The topological polar surface area (TPSA) is 69.0 Å². The number of halogens is 1. The van der Waals surface area contributed by atoms with E-state index < -0.39 is 0 Å². The molecule has 0 radical (unpaired) electrons. The van der Waals surface area contributed by atoms with Crippen LogP contribution in [0.3, 0.4) is 0 Å². The highest BCUT2D eigenvalue weighted by atomic mass is 35.5. The normalized spacial score (nSPS) is 14.2. The van der Waals surface area contributed by atoms with Crippen molar-refractivity contribution in [1.29, 1.82) is 0 Å². The van der Waals surface area contributed by atoms with E-state index >= 15 is 0 Å². The van der Waals surface area contributed by atoms with Gasteiger partial charge in [0.25, 0.3) is 11.1 Å². The van der Waals surface area contributed by atoms with E-state index in [0.717, 1.165) is 0 Å². The van der Waals surface area contributed by atoms with Crippen molar-refractivity contribution in [2.75, 3.05) is 6.61 Å². The van der Waals surface area contributed by atoms with Gasteiger partial charge in [0.1, 0.15) is 0 Å². The van der Waals surface area contributed by atoms with Gasteiger partial charge in [-0.15, -0.1) is 0 Å². The first kappa shape index (κ1) is 13.4. The highest BCUT2D eigenvalue weighted by molar-refractivity contribution is 6.32. The average molecular weight is 318 g/mol. The maximum absolute atomic E-state index is 12.8. The predicted octanol–water partition coefficient (Wildman–Crippen LogP) is 1.66. The van der Waals surface area contributed by atoms with Crippen LogP contribution in [0.2, 0.25) is 5.02 Å². The number of H-pyrrole nitrogens is 1. The van der Waals surface area contributed by atoms with Crippen molar-refractivity contribution in [1.82, 2.24) is 14.3 Å². The summed E-state index contributed by atoms with van der Waals surface area (Å²) in [6, 6.07) is 8.49. The molecule has 2 aromatic heterocycles. The van der Waals surface area contributed by atoms with Gasteiger partial charge in [-0.25, -0.2) is 4.68 Å². The third-order valence-electron chi connectivity index (χ3n) is 3.86. The van der Waals surface area contributed by atoms with Gasteiger partial charge >= 0.3 is 0 Å². The van der Waals surface area contributed by atoms with Crippen molar-refractivity contribution < 1.29 is 4.74 Å². The van der Waals surface area contributed by atoms with E-state index in [1.54, 1.807) is 28.8 Å². The predicted molar refractivity (Wildman–Crippen MR) is 82.8 cm³/mol. The third-order valence-corrected chi connectivity index (χ3v) is 4.18. The van der Waals surface area contributed by atoms with Gasteiger partial charge in [0.15, 0.2) is 0 Å². The van der Waals surface area contributed by atoms with Crippen molar-refractivity contribution in [3.63, 3.8) is 0 Å². The lowest BCUT2D eigenvalue weighted by molar-refractivity contribution is 0.0839. The van der Waals surface area contributed by atoms with Gasteiger partial charge in [-0.3, -0.25) is 14.7 Å². The molecule has 112 valence electrons. The number of nitrogens with zero attached hydrogens (tertiary/aromatic N) is 2. The molecule has 0 fully saturated rings. The zero-order valence-electron chi connectivity index (χ0n) is 11.5. The van der Waals surface area contributed by atoms with Crippen LogP contribution in [0.25, 0.3) is 16.6 Å². The van der Waals surface area contributed by atoms with Crippen LogP contribution >= 0.6 is 11.6 Å². The SMILES string of the molecule is O=c1c2c3n(c(=O)cc2[nH]n1-c1ccccc1Cl)CCOC3. The van der Waals surface area contributed by atoms with Crippen LogP contribution in [0.15, 0.2) is 39.9 Å². The number of hydrogen-bond acceptors (Lipinski definition) is 3. The van der Waals surface area contributed by atoms with Crippen LogP contribution in [-0.4, -0.2) is 21.0 Å². The summed E-state index contributed by atoms with van der Waals surface area (Å²) in [4.78, 5) is 24.9. The monoisotopic (exact) mass is 317 g/mol. The fraction of sp³-hybridized carbons (Fsp3) is 0.200. The Morgan fingerprint density at radius 1 is 1.23 bits per heavy atom. The summed E-state index contributed by atoms with van der Waals surface area (Å²) in [5, 5.41) is 3.89. The number of aromatic nitrogens is 3. The molecule has 1 aliphatic rings. The molecule has 7 heteroatoms. The second kappa shape index (κ2) is 4.86. The molecule has 0 aliphatic carbocycles. The molecular weight excluding hydrogens is 306 g/mol. The van der Waals surface area contributed by atoms with Crippen molar-refractivity contribution in [3.8, 4) is 5.69 Å². The van der Waals surface area contributed by atoms with E-state index in [-0.39, 0.29) is 17.7 Å². The van der Waals surface area contributed by atoms with Crippen molar-refractivity contribution in [2.45, 2.75) is 13.2 Å². The number of hydrogen-bond donors (Lipinski definition) is 1. The molecule has 0 amide bonds. The maximum Gasteiger partial charge on any atom is 0.281 e. The zero-order valence-corrected chi connectivity index (χ0v) is 12.3. The molecule has 1 N–H and O–H groups in total. The van der Waals surface area contributed by atoms with Crippen molar-refractivity contribution in [3.05, 3.63) is 61.8 Å². The van der Waals surface area contributed by atoms with Gasteiger partial charge in [-0.1, -0.05) is 23.7 Å². The summed E-state index contributed by atoms with van der Waals surface area (Å²) >= 11 is 6.16. The highest BCUT2D eigenvalue weighted by Gasteiger charge is 2.20. The number of pyridine rings is 1. The third kappa shape index (κ3) is 1.84. The van der Waals surface area contributed by atoms with E-state index in [1.165, 1.54) is 10.7 Å². The second-order valence-electron chi connectivity index (χ2n) is 5.13. The molecule has 0 spiro atoms. The lowest BCUT2D eigenvalue weighted by Crippen LogP contribution is -2.30. The number of para-hydroxylation sites is 1. The van der Waals surface area contributed by atoms with E-state index in [9.17, 15) is 9.59 Å². The first-order chi connectivity index (χ1) is 10.7. The molecule has 3 aromatic rings. The van der Waals surface area contributed by atoms with Crippen LogP contribution in [0.5, 0.6) is 0 Å². The Bertz CT molecular complexity index is 999. The summed E-state index contributed by atoms with van der Waals surface area (Å²) in [5.41, 5.74) is 1.27. The molecule has 0 saturated heterocycles. The minimum atomic E-state index is -0.239. The quantitative estimate of drug-likeness (QED) is 0.742. The van der Waals surface area contributed by atoms with Crippen molar-refractivity contribution >= 4 is 22.5 Å². The van der Waals surface area contributed by atoms with E-state index in [4.69, 9.17) is 16.3 Å². The first-order valence-corrected chi connectivity index (χ1v) is 7.25. The maximum atomic E-state index is 12.8. The highest BCUT2D eigenvalue weighted by Crippen LogP contribution is 2.21. The van der Waals surface area contributed by atoms with Crippen LogP contribution in [-0.2, 0) is 17.9 Å². The summed E-state index contributed by atoms with van der Waals surface area (Å²) in [5.74, 6) is 0. The minimum Gasteiger partial charge on any atom is -0.373 e. The van der Waals surface area contributed by atoms with Crippen LogP contribution in [0, 0.1) is 0 Å². The lowest BCUT2D eigenvalue weighted by atomic mass is 10.2. The largest absolute Gasteiger partial charge is 0.373 e. The van der Waals surface area contributed by atoms with Gasteiger partial charge < -0.3 is 9.30 Å². The Morgan fingerprint density at radius 3 is 2.86 bits per heavy atom. The average Bonchev–Trinajstić information content (AvgIpc) is 2.85. The smallest absolute Gasteiger partial charge is 0.281 e. The number of nitrogens with one attached hydrogen (secondary N) is 1. The molecule has 4 rings (SSSR count). The molecule has 1 aliphatic heterocycles. The lowest BCUT2D eigenvalue weighted by Gasteiger charge is -2.18. The molecule has 0 atom stereocenters. The fourth-order valence-corrected chi connectivity index (χ4v) is 3.05. The molecule has 22 heavy (non-hydrogen) atoms. The Hall–Kier alpha value is -2.31. The fourth-order valence-electron chi connectivity index (χ4n) is 2.83. The van der Waals surface area contributed by atoms with Gasteiger partial charge in [-0.05, 0) is 12.1 Å². The number of ether oxygens (including phenoxy) is 1. The van der Waals surface area contributed by atoms with Gasteiger partial charge in [0.05, 0.1) is 40.5 Å². The molecule has 0 unspecified atom stereocenters. The second-order valence-corrected chi connectivity index (χ2v) is 5.53. The Kier molecular flexibility index (Phi) is 2.95. The summed E-state index contributed by atoms with van der Waals surface area (Å²) in [7, 11) is 0. The molecule has 3 heterocycles. The Labute approximate surface area is 129 Å². The minimum absolute atomic E-state index is 0.140. The molecule has 0 saturated carbocycles. The van der Waals surface area contributed by atoms with E-state index in [2.05, 4.69) is 5.10 Å². The number of rotatable bonds is 1. The van der Waals surface area contributed by atoms with Crippen LogP contribution in [0.4, 0.5) is 0 Å². The van der Waals surface area contributed by atoms with Crippen LogP contribution < -0.4 is 11.1 Å². The standard InChI is InChI=1S/C15H12ClN3O3/c16-9-3-1-2-4-11(9)19-15(21)14-10(17-19)7-13(20)18-5-6-22-8-12(14)18/h1-4,7,17H,5-6,8H2. The van der Waals surface area contributed by atoms with Crippen molar-refractivity contribution in [2.24, 2.45) is 0 Å². The van der Waals surface area contributed by atoms with Gasteiger partial charge in [0, 0.05) is 12.6 Å². The van der Waals surface area contributed by atoms with Crippen LogP contribution in [0.1, 0.15) is 5.69 Å². The Morgan fingerprint density at radius 2 is 2.05 bits per heavy atom. The summed E-state index contributed by atoms with van der Waals surface area (Å²) in [6.07, 6.45) is 0. The molecule has 0 bridgehead atoms. The summed E-state index contributed by atoms with van der Waals surface area (Å²) < 4.78 is 8.36. The first-order valence-electron chi connectivity index (χ1n) is 6.87. The number of aromatic amines is 1. The van der Waals surface area contributed by atoms with E-state index in [0.29, 0.717) is 40.5 Å². The number of fused-ring (bicyclic) bond motifs is 3. The van der Waals surface area contributed by atoms with Gasteiger partial charge in [-0.2, -0.15) is 0 Å². The molecule has 1 aromatic carbocycles. The number of benzene rings is 1. The van der Waals surface area contributed by atoms with E-state index in [1.807, 2.05) is 0 Å². The van der Waals surface area contributed by atoms with Gasteiger partial charge in [0.2, 0.25) is 0 Å². The zero-order chi connectivity index (χ0) is 15.3. The molecule has 6 nitrogen and oxygen atoms in total. The molecular formula is C15H12ClN3O3.